The number of hydrogen-bond donors (Lipinski definition) is 2. The number of hydrogen-bond acceptors (Lipinski definition) is 3. The van der Waals surface area contributed by atoms with Crippen LogP contribution in [0, 0.1) is 6.92 Å². The number of anilines is 1. The molecule has 1 aliphatic rings. The molecule has 4 nitrogen and oxygen atoms in total. The Bertz CT molecular complexity index is 486. The molecule has 21 heavy (non-hydrogen) atoms. The van der Waals surface area contributed by atoms with Crippen molar-refractivity contribution in [3.05, 3.63) is 28.8 Å². The fourth-order valence-electron chi connectivity index (χ4n) is 2.69. The topological polar surface area (TPSA) is 44.4 Å². The summed E-state index contributed by atoms with van der Waals surface area (Å²) in [6.45, 7) is 7.38. The third kappa shape index (κ3) is 4.99. The first kappa shape index (κ1) is 16.3. The van der Waals surface area contributed by atoms with Crippen LogP contribution in [0.25, 0.3) is 0 Å². The fourth-order valence-corrected chi connectivity index (χ4v) is 2.92. The van der Waals surface area contributed by atoms with Gasteiger partial charge in [-0.2, -0.15) is 0 Å². The second-order valence-electron chi connectivity index (χ2n) is 5.63. The average Bonchev–Trinajstić information content (AvgIpc) is 2.94. The Hall–Kier alpha value is -1.10. The fraction of sp³-hybridized carbons (Fsp3) is 0.562. The molecule has 1 heterocycles. The van der Waals surface area contributed by atoms with Crippen molar-refractivity contribution < 1.29 is 4.79 Å². The predicted molar refractivity (Wildman–Crippen MR) is 88.0 cm³/mol. The van der Waals surface area contributed by atoms with E-state index < -0.39 is 0 Å². The van der Waals surface area contributed by atoms with Crippen LogP contribution < -0.4 is 10.6 Å². The Kier molecular flexibility index (Phi) is 6.03. The van der Waals surface area contributed by atoms with Crippen molar-refractivity contribution in [2.24, 2.45) is 0 Å². The first-order valence-electron chi connectivity index (χ1n) is 7.60. The number of rotatable bonds is 6. The van der Waals surface area contributed by atoms with Crippen molar-refractivity contribution in [2.45, 2.75) is 32.7 Å². The molecule has 1 amide bonds. The van der Waals surface area contributed by atoms with Gasteiger partial charge < -0.3 is 10.6 Å². The molecule has 0 saturated carbocycles. The lowest BCUT2D eigenvalue weighted by Gasteiger charge is -2.23. The molecule has 1 saturated heterocycles. The highest BCUT2D eigenvalue weighted by Crippen LogP contribution is 2.19. The molecule has 2 rings (SSSR count). The van der Waals surface area contributed by atoms with E-state index in [-0.39, 0.29) is 5.91 Å². The van der Waals surface area contributed by atoms with Crippen LogP contribution in [0.1, 0.15) is 25.3 Å². The van der Waals surface area contributed by atoms with Crippen LogP contribution in [0.3, 0.4) is 0 Å². The van der Waals surface area contributed by atoms with Crippen LogP contribution in [0.15, 0.2) is 18.2 Å². The minimum atomic E-state index is 0.0280. The molecule has 2 N–H and O–H groups in total. The maximum absolute atomic E-state index is 12.2. The van der Waals surface area contributed by atoms with E-state index in [9.17, 15) is 4.79 Å². The molecule has 1 aromatic carbocycles. The number of likely N-dealkylation sites (N-methyl/N-ethyl adjacent to an activating group) is 1. The summed E-state index contributed by atoms with van der Waals surface area (Å²) in [5.74, 6) is 0.0280. The van der Waals surface area contributed by atoms with Gasteiger partial charge in [-0.05, 0) is 56.6 Å². The summed E-state index contributed by atoms with van der Waals surface area (Å²) in [4.78, 5) is 14.4. The Morgan fingerprint density at radius 2 is 2.33 bits per heavy atom. The van der Waals surface area contributed by atoms with Gasteiger partial charge in [0.25, 0.3) is 0 Å². The average molecular weight is 310 g/mol. The van der Waals surface area contributed by atoms with Crippen LogP contribution in [0.4, 0.5) is 5.69 Å². The molecule has 1 fully saturated rings. The normalized spacial score (nSPS) is 18.2. The van der Waals surface area contributed by atoms with Gasteiger partial charge in [-0.25, -0.2) is 0 Å². The predicted octanol–water partition coefficient (Wildman–Crippen LogP) is 2.66. The highest BCUT2D eigenvalue weighted by atomic mass is 35.5. The zero-order valence-electron chi connectivity index (χ0n) is 12.8. The van der Waals surface area contributed by atoms with Crippen molar-refractivity contribution in [3.63, 3.8) is 0 Å². The highest BCUT2D eigenvalue weighted by Gasteiger charge is 2.18. The first-order chi connectivity index (χ1) is 10.1. The van der Waals surface area contributed by atoms with Gasteiger partial charge >= 0.3 is 0 Å². The van der Waals surface area contributed by atoms with E-state index in [2.05, 4.69) is 22.5 Å². The Labute approximate surface area is 131 Å². The Morgan fingerprint density at radius 1 is 1.52 bits per heavy atom. The maximum atomic E-state index is 12.2. The number of carbonyl (C=O) groups is 1. The maximum Gasteiger partial charge on any atom is 0.238 e. The van der Waals surface area contributed by atoms with Gasteiger partial charge in [-0.15, -0.1) is 0 Å². The standard InChI is InChI=1S/C16H24ClN3O/c1-3-20(10-14-5-4-8-18-14)11-16(21)19-15-7-6-13(17)9-12(15)2/h6-7,9,14,18H,3-5,8,10-11H2,1-2H3,(H,19,21). The molecule has 1 aromatic rings. The van der Waals surface area contributed by atoms with Crippen molar-refractivity contribution in [3.8, 4) is 0 Å². The number of benzene rings is 1. The lowest BCUT2D eigenvalue weighted by atomic mass is 10.2. The summed E-state index contributed by atoms with van der Waals surface area (Å²) < 4.78 is 0. The third-order valence-electron chi connectivity index (χ3n) is 3.92. The van der Waals surface area contributed by atoms with Gasteiger partial charge in [-0.3, -0.25) is 9.69 Å². The second kappa shape index (κ2) is 7.78. The van der Waals surface area contributed by atoms with Crippen LogP contribution in [0.2, 0.25) is 5.02 Å². The number of nitrogens with one attached hydrogen (secondary N) is 2. The molecule has 1 atom stereocenters. The van der Waals surface area contributed by atoms with E-state index in [0.717, 1.165) is 30.9 Å². The number of halogens is 1. The van der Waals surface area contributed by atoms with Crippen LogP contribution in [-0.4, -0.2) is 43.0 Å². The van der Waals surface area contributed by atoms with Gasteiger partial charge in [0.2, 0.25) is 5.91 Å². The zero-order valence-corrected chi connectivity index (χ0v) is 13.5. The lowest BCUT2D eigenvalue weighted by Crippen LogP contribution is -2.41. The minimum absolute atomic E-state index is 0.0280. The van der Waals surface area contributed by atoms with Crippen LogP contribution >= 0.6 is 11.6 Å². The molecule has 116 valence electrons. The van der Waals surface area contributed by atoms with E-state index in [1.165, 1.54) is 12.8 Å². The Balaban J connectivity index is 1.86. The molecular formula is C16H24ClN3O. The summed E-state index contributed by atoms with van der Waals surface area (Å²) in [6, 6.07) is 6.03. The summed E-state index contributed by atoms with van der Waals surface area (Å²) >= 11 is 5.93. The molecule has 0 spiro atoms. The molecule has 0 aromatic heterocycles. The molecule has 0 radical (unpaired) electrons. The van der Waals surface area contributed by atoms with Crippen molar-refractivity contribution in [1.82, 2.24) is 10.2 Å². The number of nitrogens with zero attached hydrogens (tertiary/aromatic N) is 1. The monoisotopic (exact) mass is 309 g/mol. The second-order valence-corrected chi connectivity index (χ2v) is 6.06. The molecule has 0 bridgehead atoms. The van der Waals surface area contributed by atoms with Gasteiger partial charge in [0.15, 0.2) is 0 Å². The van der Waals surface area contributed by atoms with Crippen molar-refractivity contribution >= 4 is 23.2 Å². The smallest absolute Gasteiger partial charge is 0.238 e. The van der Waals surface area contributed by atoms with E-state index in [1.54, 1.807) is 6.07 Å². The largest absolute Gasteiger partial charge is 0.325 e. The molecule has 0 aliphatic carbocycles. The summed E-state index contributed by atoms with van der Waals surface area (Å²) in [6.07, 6.45) is 2.44. The highest BCUT2D eigenvalue weighted by molar-refractivity contribution is 6.30. The molecule has 5 heteroatoms. The lowest BCUT2D eigenvalue weighted by molar-refractivity contribution is -0.117. The molecular weight excluding hydrogens is 286 g/mol. The zero-order chi connectivity index (χ0) is 15.2. The summed E-state index contributed by atoms with van der Waals surface area (Å²) in [5.41, 5.74) is 1.82. The van der Waals surface area contributed by atoms with Gasteiger partial charge in [0, 0.05) is 23.3 Å². The van der Waals surface area contributed by atoms with Gasteiger partial charge in [-0.1, -0.05) is 18.5 Å². The van der Waals surface area contributed by atoms with E-state index >= 15 is 0 Å². The summed E-state index contributed by atoms with van der Waals surface area (Å²) in [5, 5.41) is 7.13. The number of aryl methyl sites for hydroxylation is 1. The Morgan fingerprint density at radius 3 is 2.95 bits per heavy atom. The van der Waals surface area contributed by atoms with Gasteiger partial charge in [0.05, 0.1) is 6.54 Å². The first-order valence-corrected chi connectivity index (χ1v) is 7.98. The van der Waals surface area contributed by atoms with Crippen molar-refractivity contribution in [1.29, 1.82) is 0 Å². The number of amides is 1. The van der Waals surface area contributed by atoms with E-state index in [4.69, 9.17) is 11.6 Å². The van der Waals surface area contributed by atoms with Crippen LogP contribution in [-0.2, 0) is 4.79 Å². The quantitative estimate of drug-likeness (QED) is 0.849. The van der Waals surface area contributed by atoms with E-state index in [0.29, 0.717) is 17.6 Å². The number of carbonyl (C=O) groups excluding carboxylic acids is 1. The molecule has 1 unspecified atom stereocenters. The van der Waals surface area contributed by atoms with Crippen LogP contribution in [0.5, 0.6) is 0 Å². The third-order valence-corrected chi connectivity index (χ3v) is 4.15. The minimum Gasteiger partial charge on any atom is -0.325 e. The van der Waals surface area contributed by atoms with E-state index in [1.807, 2.05) is 19.1 Å². The SMILES string of the molecule is CCN(CC(=O)Nc1ccc(Cl)cc1C)CC1CCCN1. The molecule has 1 aliphatic heterocycles. The van der Waals surface area contributed by atoms with Gasteiger partial charge in [0.1, 0.15) is 0 Å². The van der Waals surface area contributed by atoms with Crippen molar-refractivity contribution in [2.75, 3.05) is 31.5 Å². The summed E-state index contributed by atoms with van der Waals surface area (Å²) in [7, 11) is 0.